The van der Waals surface area contributed by atoms with Gasteiger partial charge in [-0.1, -0.05) is 12.8 Å². The first-order chi connectivity index (χ1) is 15.4. The third kappa shape index (κ3) is 6.28. The molecule has 1 aromatic rings. The van der Waals surface area contributed by atoms with Crippen LogP contribution in [0, 0.1) is 12.8 Å². The van der Waals surface area contributed by atoms with E-state index in [-0.39, 0.29) is 18.8 Å². The minimum atomic E-state index is -0.341. The first kappa shape index (κ1) is 24.2. The van der Waals surface area contributed by atoms with E-state index in [2.05, 4.69) is 4.98 Å². The molecular weight excluding hydrogens is 406 g/mol. The highest BCUT2D eigenvalue weighted by Crippen LogP contribution is 2.28. The van der Waals surface area contributed by atoms with Crippen molar-refractivity contribution in [3.05, 3.63) is 29.2 Å². The van der Waals surface area contributed by atoms with Crippen LogP contribution in [0.2, 0.25) is 0 Å². The summed E-state index contributed by atoms with van der Waals surface area (Å²) in [6, 6.07) is 3.75. The number of rotatable bonds is 9. The van der Waals surface area contributed by atoms with Gasteiger partial charge in [0.15, 0.2) is 0 Å². The number of nitrogens with two attached hydrogens (primary N) is 2. The zero-order valence-electron chi connectivity index (χ0n) is 19.8. The van der Waals surface area contributed by atoms with Crippen molar-refractivity contribution in [2.24, 2.45) is 17.5 Å². The second-order valence-corrected chi connectivity index (χ2v) is 9.02. The van der Waals surface area contributed by atoms with Gasteiger partial charge < -0.3 is 25.1 Å². The van der Waals surface area contributed by atoms with E-state index in [9.17, 15) is 4.79 Å². The Balaban J connectivity index is 1.66. The van der Waals surface area contributed by atoms with E-state index in [1.165, 1.54) is 43.5 Å². The summed E-state index contributed by atoms with van der Waals surface area (Å²) in [6.07, 6.45) is 9.42. The van der Waals surface area contributed by atoms with E-state index in [0.717, 1.165) is 30.8 Å². The Bertz CT molecular complexity index is 801. The summed E-state index contributed by atoms with van der Waals surface area (Å²) in [5.41, 5.74) is 8.66. The summed E-state index contributed by atoms with van der Waals surface area (Å²) < 4.78 is 11.7. The summed E-state index contributed by atoms with van der Waals surface area (Å²) in [4.78, 5) is 19.0. The van der Waals surface area contributed by atoms with Crippen LogP contribution in [-0.4, -0.2) is 53.8 Å². The minimum absolute atomic E-state index is 0.0140. The Morgan fingerprint density at radius 3 is 2.44 bits per heavy atom. The molecule has 8 nitrogen and oxygen atoms in total. The highest BCUT2D eigenvalue weighted by molar-refractivity contribution is 5.69. The molecule has 0 saturated heterocycles. The van der Waals surface area contributed by atoms with Crippen LogP contribution in [0.25, 0.3) is 5.70 Å². The van der Waals surface area contributed by atoms with Gasteiger partial charge in [0.05, 0.1) is 28.9 Å². The zero-order valence-corrected chi connectivity index (χ0v) is 19.8. The van der Waals surface area contributed by atoms with Crippen LogP contribution in [0.3, 0.4) is 0 Å². The maximum Gasteiger partial charge on any atom is 0.410 e. The quantitative estimate of drug-likeness (QED) is 0.440. The molecule has 1 heterocycles. The largest absolute Gasteiger partial charge is 0.489 e. The van der Waals surface area contributed by atoms with Crippen molar-refractivity contribution >= 4 is 11.8 Å². The fourth-order valence-corrected chi connectivity index (χ4v) is 4.24. The summed E-state index contributed by atoms with van der Waals surface area (Å²) in [7, 11) is 1.68. The lowest BCUT2D eigenvalue weighted by Crippen LogP contribution is -2.39. The fraction of sp³-hybridized carbons (Fsp3) is 0.667. The number of carbonyl (C=O) groups is 1. The molecule has 0 aromatic carbocycles. The lowest BCUT2D eigenvalue weighted by molar-refractivity contribution is 0.0928. The lowest BCUT2D eigenvalue weighted by atomic mass is 9.85. The van der Waals surface area contributed by atoms with Crippen LogP contribution in [0.4, 0.5) is 4.79 Å². The first-order valence-corrected chi connectivity index (χ1v) is 11.9. The van der Waals surface area contributed by atoms with Crippen LogP contribution in [0.1, 0.15) is 69.7 Å². The maximum atomic E-state index is 12.6. The summed E-state index contributed by atoms with van der Waals surface area (Å²) in [5.74, 6) is 7.38. The number of carbonyl (C=O) groups excluding carboxylic acids is 1. The van der Waals surface area contributed by atoms with E-state index in [4.69, 9.17) is 21.1 Å². The molecule has 1 amide bonds. The molecule has 0 spiro atoms. The Morgan fingerprint density at radius 1 is 1.16 bits per heavy atom. The molecule has 2 aliphatic rings. The number of hydrogen-bond acceptors (Lipinski definition) is 7. The van der Waals surface area contributed by atoms with Crippen molar-refractivity contribution in [3.63, 3.8) is 0 Å². The normalized spacial score (nSPS) is 17.9. The Labute approximate surface area is 191 Å². The molecule has 2 fully saturated rings. The average molecular weight is 446 g/mol. The Morgan fingerprint density at radius 2 is 1.88 bits per heavy atom. The van der Waals surface area contributed by atoms with Crippen LogP contribution >= 0.6 is 0 Å². The average Bonchev–Trinajstić information content (AvgIpc) is 2.75. The summed E-state index contributed by atoms with van der Waals surface area (Å²) >= 11 is 0. The van der Waals surface area contributed by atoms with Gasteiger partial charge in [-0.2, -0.15) is 0 Å². The van der Waals surface area contributed by atoms with Crippen molar-refractivity contribution in [2.45, 2.75) is 71.3 Å². The molecule has 4 N–H and O–H groups in total. The third-order valence-corrected chi connectivity index (χ3v) is 6.57. The SMILES string of the molecule is CCN(CC1CCC1)C(=O)OC/C(=C(/N)c1ccc(OC2CCCCC2)c(C)n1)N(C)N. The molecule has 2 saturated carbocycles. The van der Waals surface area contributed by atoms with Gasteiger partial charge in [0.25, 0.3) is 0 Å². The van der Waals surface area contributed by atoms with E-state index in [0.29, 0.717) is 29.6 Å². The number of aryl methyl sites for hydroxylation is 1. The number of hydrazine groups is 1. The van der Waals surface area contributed by atoms with Crippen LogP contribution < -0.4 is 16.3 Å². The van der Waals surface area contributed by atoms with Crippen molar-refractivity contribution in [1.82, 2.24) is 14.9 Å². The number of aromatic nitrogens is 1. The van der Waals surface area contributed by atoms with E-state index in [1.54, 1.807) is 11.9 Å². The molecule has 0 aliphatic heterocycles. The molecule has 178 valence electrons. The maximum absolute atomic E-state index is 12.6. The van der Waals surface area contributed by atoms with Gasteiger partial charge in [0.1, 0.15) is 12.4 Å². The standard InChI is InChI=1S/C24H39N5O3/c1-4-29(15-18-9-8-10-18)24(30)31-16-21(28(3)26)23(25)20-13-14-22(17(2)27-20)32-19-11-6-5-7-12-19/h13-14,18-19H,4-12,15-16,25-26H2,1-3H3/b23-21-. The number of amides is 1. The van der Waals surface area contributed by atoms with Crippen LogP contribution in [-0.2, 0) is 4.74 Å². The predicted molar refractivity (Wildman–Crippen MR) is 125 cm³/mol. The fourth-order valence-electron chi connectivity index (χ4n) is 4.24. The highest BCUT2D eigenvalue weighted by Gasteiger charge is 2.24. The predicted octanol–water partition coefficient (Wildman–Crippen LogP) is 3.79. The van der Waals surface area contributed by atoms with Gasteiger partial charge in [0, 0.05) is 20.1 Å². The first-order valence-electron chi connectivity index (χ1n) is 11.9. The van der Waals surface area contributed by atoms with Crippen molar-refractivity contribution in [3.8, 4) is 5.75 Å². The smallest absolute Gasteiger partial charge is 0.410 e. The van der Waals surface area contributed by atoms with Crippen LogP contribution in [0.5, 0.6) is 5.75 Å². The van der Waals surface area contributed by atoms with Crippen molar-refractivity contribution in [1.29, 1.82) is 0 Å². The molecule has 8 heteroatoms. The second kappa shape index (κ2) is 11.4. The Kier molecular flexibility index (Phi) is 8.61. The van der Waals surface area contributed by atoms with E-state index in [1.807, 2.05) is 26.0 Å². The molecule has 3 rings (SSSR count). The third-order valence-electron chi connectivity index (χ3n) is 6.57. The van der Waals surface area contributed by atoms with Crippen LogP contribution in [0.15, 0.2) is 17.8 Å². The highest BCUT2D eigenvalue weighted by atomic mass is 16.6. The number of nitrogens with zero attached hydrogens (tertiary/aromatic N) is 3. The molecule has 32 heavy (non-hydrogen) atoms. The number of pyridine rings is 1. The molecule has 0 unspecified atom stereocenters. The molecule has 0 atom stereocenters. The van der Waals surface area contributed by atoms with Gasteiger partial charge >= 0.3 is 6.09 Å². The second-order valence-electron chi connectivity index (χ2n) is 9.02. The molecule has 2 aliphatic carbocycles. The monoisotopic (exact) mass is 445 g/mol. The topological polar surface area (TPSA) is 107 Å². The number of hydrogen-bond donors (Lipinski definition) is 2. The molecule has 0 radical (unpaired) electrons. The van der Waals surface area contributed by atoms with Crippen molar-refractivity contribution < 1.29 is 14.3 Å². The van der Waals surface area contributed by atoms with Crippen molar-refractivity contribution in [2.75, 3.05) is 26.7 Å². The number of ether oxygens (including phenoxy) is 2. The number of likely N-dealkylation sites (N-methyl/N-ethyl adjacent to an activating group) is 1. The van der Waals surface area contributed by atoms with Gasteiger partial charge in [-0.3, -0.25) is 0 Å². The summed E-state index contributed by atoms with van der Waals surface area (Å²) in [5, 5.41) is 1.38. The molecule has 0 bridgehead atoms. The molecule has 1 aromatic heterocycles. The van der Waals surface area contributed by atoms with Gasteiger partial charge in [-0.05, 0) is 70.4 Å². The van der Waals surface area contributed by atoms with E-state index < -0.39 is 0 Å². The van der Waals surface area contributed by atoms with Gasteiger partial charge in [0.2, 0.25) is 0 Å². The minimum Gasteiger partial charge on any atom is -0.489 e. The van der Waals surface area contributed by atoms with Gasteiger partial charge in [-0.15, -0.1) is 0 Å². The zero-order chi connectivity index (χ0) is 23.1. The van der Waals surface area contributed by atoms with Gasteiger partial charge in [-0.25, -0.2) is 15.6 Å². The lowest BCUT2D eigenvalue weighted by Gasteiger charge is -2.31. The Hall–Kier alpha value is -2.48. The van der Waals surface area contributed by atoms with E-state index >= 15 is 0 Å². The molecular formula is C24H39N5O3. The summed E-state index contributed by atoms with van der Waals surface area (Å²) in [6.45, 7) is 5.22.